The number of halogens is 1. The summed E-state index contributed by atoms with van der Waals surface area (Å²) in [5.74, 6) is 0.588. The Balaban J connectivity index is 2.12. The minimum absolute atomic E-state index is 0.0401. The molecule has 0 bridgehead atoms. The second-order valence-electron chi connectivity index (χ2n) is 3.95. The quantitative estimate of drug-likeness (QED) is 0.663. The molecule has 1 aromatic carbocycles. The van der Waals surface area contributed by atoms with Crippen molar-refractivity contribution in [1.82, 2.24) is 9.78 Å². The monoisotopic (exact) mass is 325 g/mol. The Morgan fingerprint density at radius 1 is 1.58 bits per heavy atom. The highest BCUT2D eigenvalue weighted by Gasteiger charge is 2.10. The molecule has 7 nitrogen and oxygen atoms in total. The molecule has 2 aromatic rings. The van der Waals surface area contributed by atoms with Crippen molar-refractivity contribution in [2.45, 2.75) is 6.54 Å². The van der Waals surface area contributed by atoms with Gasteiger partial charge in [-0.2, -0.15) is 5.10 Å². The maximum Gasteiger partial charge on any atom is 0.270 e. The maximum atomic E-state index is 10.6. The van der Waals surface area contributed by atoms with E-state index in [1.807, 2.05) is 0 Å². The second kappa shape index (κ2) is 5.27. The normalized spacial score (nSPS) is 10.4. The molecule has 2 rings (SSSR count). The molecule has 0 amide bonds. The van der Waals surface area contributed by atoms with Crippen LogP contribution in [0.25, 0.3) is 0 Å². The van der Waals surface area contributed by atoms with Crippen LogP contribution in [0.1, 0.15) is 5.56 Å². The van der Waals surface area contributed by atoms with Crippen LogP contribution in [-0.2, 0) is 13.6 Å². The van der Waals surface area contributed by atoms with Crippen LogP contribution < -0.4 is 11.1 Å². The predicted octanol–water partition coefficient (Wildman–Crippen LogP) is 2.29. The van der Waals surface area contributed by atoms with Crippen LogP contribution in [0.15, 0.2) is 28.9 Å². The number of hydrogen-bond acceptors (Lipinski definition) is 5. The minimum atomic E-state index is -0.437. The average molecular weight is 326 g/mol. The number of nitrogens with two attached hydrogens (primary N) is 1. The molecule has 0 aliphatic rings. The van der Waals surface area contributed by atoms with Gasteiger partial charge >= 0.3 is 0 Å². The van der Waals surface area contributed by atoms with Crippen LogP contribution in [0.2, 0.25) is 0 Å². The number of aromatic nitrogens is 2. The van der Waals surface area contributed by atoms with Crippen molar-refractivity contribution in [3.8, 4) is 0 Å². The van der Waals surface area contributed by atoms with Crippen molar-refractivity contribution in [3.05, 3.63) is 44.5 Å². The van der Waals surface area contributed by atoms with E-state index in [4.69, 9.17) is 5.73 Å². The Morgan fingerprint density at radius 3 is 2.84 bits per heavy atom. The molecule has 0 fully saturated rings. The fraction of sp³-hybridized carbons (Fsp3) is 0.182. The molecule has 0 aliphatic heterocycles. The zero-order chi connectivity index (χ0) is 14.0. The van der Waals surface area contributed by atoms with Gasteiger partial charge in [-0.05, 0) is 22.0 Å². The van der Waals surface area contributed by atoms with Crippen LogP contribution in [0.4, 0.5) is 17.2 Å². The molecule has 0 saturated heterocycles. The zero-order valence-corrected chi connectivity index (χ0v) is 11.7. The fourth-order valence-corrected chi connectivity index (χ4v) is 2.09. The van der Waals surface area contributed by atoms with Crippen molar-refractivity contribution in [2.24, 2.45) is 7.05 Å². The topological polar surface area (TPSA) is 99.0 Å². The van der Waals surface area contributed by atoms with E-state index in [-0.39, 0.29) is 5.69 Å². The third kappa shape index (κ3) is 2.84. The first-order valence-corrected chi connectivity index (χ1v) is 6.22. The smallest absolute Gasteiger partial charge is 0.270 e. The number of nitrogens with zero attached hydrogens (tertiary/aromatic N) is 3. The molecule has 0 saturated carbocycles. The van der Waals surface area contributed by atoms with E-state index >= 15 is 0 Å². The molecule has 19 heavy (non-hydrogen) atoms. The van der Waals surface area contributed by atoms with Gasteiger partial charge in [0, 0.05) is 41.4 Å². The Labute approximate surface area is 117 Å². The summed E-state index contributed by atoms with van der Waals surface area (Å²) in [7, 11) is 1.76. The van der Waals surface area contributed by atoms with Crippen molar-refractivity contribution in [3.63, 3.8) is 0 Å². The summed E-state index contributed by atoms with van der Waals surface area (Å²) in [6.07, 6.45) is 1.68. The molecular weight excluding hydrogens is 314 g/mol. The first kappa shape index (κ1) is 13.3. The van der Waals surface area contributed by atoms with Crippen LogP contribution in [0, 0.1) is 10.1 Å². The average Bonchev–Trinajstić information content (AvgIpc) is 2.68. The number of anilines is 2. The first-order valence-electron chi connectivity index (χ1n) is 5.43. The number of nitro groups is 1. The Bertz CT molecular complexity index is 626. The summed E-state index contributed by atoms with van der Waals surface area (Å²) in [6, 6.07) is 4.55. The Morgan fingerprint density at radius 2 is 2.32 bits per heavy atom. The molecule has 0 spiro atoms. The third-order valence-corrected chi connectivity index (χ3v) is 3.35. The summed E-state index contributed by atoms with van der Waals surface area (Å²) >= 11 is 3.29. The highest BCUT2D eigenvalue weighted by atomic mass is 79.9. The van der Waals surface area contributed by atoms with Crippen molar-refractivity contribution < 1.29 is 4.92 Å². The minimum Gasteiger partial charge on any atom is -0.384 e. The van der Waals surface area contributed by atoms with E-state index in [2.05, 4.69) is 26.3 Å². The lowest BCUT2D eigenvalue weighted by Gasteiger charge is -2.08. The lowest BCUT2D eigenvalue weighted by Crippen LogP contribution is -2.04. The molecule has 0 unspecified atom stereocenters. The first-order chi connectivity index (χ1) is 8.99. The van der Waals surface area contributed by atoms with E-state index in [0.717, 1.165) is 11.3 Å². The van der Waals surface area contributed by atoms with E-state index in [9.17, 15) is 10.1 Å². The van der Waals surface area contributed by atoms with Crippen molar-refractivity contribution in [2.75, 3.05) is 11.1 Å². The second-order valence-corrected chi connectivity index (χ2v) is 4.81. The standard InChI is InChI=1S/C11H12BrN5O2/c1-16-11(13)7(6-15-16)5-14-10-3-2-8(17(18)19)4-9(10)12/h2-4,6,14H,5,13H2,1H3. The number of benzene rings is 1. The van der Waals surface area contributed by atoms with E-state index in [1.54, 1.807) is 24.0 Å². The number of nitro benzene ring substituents is 1. The van der Waals surface area contributed by atoms with E-state index < -0.39 is 4.92 Å². The van der Waals surface area contributed by atoms with Gasteiger partial charge < -0.3 is 11.1 Å². The molecule has 1 heterocycles. The van der Waals surface area contributed by atoms with Crippen molar-refractivity contribution >= 4 is 33.1 Å². The van der Waals surface area contributed by atoms with Crippen LogP contribution in [-0.4, -0.2) is 14.7 Å². The number of nitrogen functional groups attached to an aromatic ring is 1. The summed E-state index contributed by atoms with van der Waals surface area (Å²) in [6.45, 7) is 0.496. The van der Waals surface area contributed by atoms with Gasteiger partial charge in [-0.1, -0.05) is 0 Å². The molecule has 3 N–H and O–H groups in total. The summed E-state index contributed by atoms with van der Waals surface area (Å²) in [5, 5.41) is 17.8. The van der Waals surface area contributed by atoms with Crippen molar-refractivity contribution in [1.29, 1.82) is 0 Å². The Hall–Kier alpha value is -2.09. The van der Waals surface area contributed by atoms with E-state index in [1.165, 1.54) is 12.1 Å². The summed E-state index contributed by atoms with van der Waals surface area (Å²) in [5.41, 5.74) is 7.49. The van der Waals surface area contributed by atoms with Gasteiger partial charge in [0.05, 0.1) is 11.1 Å². The highest BCUT2D eigenvalue weighted by molar-refractivity contribution is 9.10. The number of rotatable bonds is 4. The lowest BCUT2D eigenvalue weighted by atomic mass is 10.2. The maximum absolute atomic E-state index is 10.6. The zero-order valence-electron chi connectivity index (χ0n) is 10.1. The van der Waals surface area contributed by atoms with Gasteiger partial charge in [-0.3, -0.25) is 14.8 Å². The van der Waals surface area contributed by atoms with Gasteiger partial charge in [0.15, 0.2) is 0 Å². The molecule has 0 atom stereocenters. The molecule has 0 aliphatic carbocycles. The van der Waals surface area contributed by atoms with Crippen LogP contribution in [0.3, 0.4) is 0 Å². The summed E-state index contributed by atoms with van der Waals surface area (Å²) in [4.78, 5) is 10.2. The molecular formula is C11H12BrN5O2. The molecule has 8 heteroatoms. The molecule has 100 valence electrons. The van der Waals surface area contributed by atoms with Gasteiger partial charge in [-0.15, -0.1) is 0 Å². The van der Waals surface area contributed by atoms with Gasteiger partial charge in [0.2, 0.25) is 0 Å². The third-order valence-electron chi connectivity index (χ3n) is 2.70. The number of nitrogens with one attached hydrogen (secondary N) is 1. The van der Waals surface area contributed by atoms with Gasteiger partial charge in [0.25, 0.3) is 5.69 Å². The fourth-order valence-electron chi connectivity index (χ4n) is 1.58. The number of non-ortho nitro benzene ring substituents is 1. The number of aryl methyl sites for hydroxylation is 1. The molecule has 0 radical (unpaired) electrons. The van der Waals surface area contributed by atoms with Crippen LogP contribution >= 0.6 is 15.9 Å². The summed E-state index contributed by atoms with van der Waals surface area (Å²) < 4.78 is 2.21. The van der Waals surface area contributed by atoms with Gasteiger partial charge in [0.1, 0.15) is 5.82 Å². The largest absolute Gasteiger partial charge is 0.384 e. The predicted molar refractivity (Wildman–Crippen MR) is 75.7 cm³/mol. The highest BCUT2D eigenvalue weighted by Crippen LogP contribution is 2.27. The molecule has 1 aromatic heterocycles. The van der Waals surface area contributed by atoms with Gasteiger partial charge in [-0.25, -0.2) is 0 Å². The Kier molecular flexibility index (Phi) is 3.70. The lowest BCUT2D eigenvalue weighted by molar-refractivity contribution is -0.384. The SMILES string of the molecule is Cn1ncc(CNc2ccc([N+](=O)[O-])cc2Br)c1N. The number of hydrogen-bond donors (Lipinski definition) is 2. The van der Waals surface area contributed by atoms with Crippen LogP contribution in [0.5, 0.6) is 0 Å². The van der Waals surface area contributed by atoms with E-state index in [0.29, 0.717) is 16.8 Å².